The van der Waals surface area contributed by atoms with Crippen LogP contribution in [0.4, 0.5) is 5.69 Å². The highest BCUT2D eigenvalue weighted by Gasteiger charge is 2.19. The van der Waals surface area contributed by atoms with Crippen molar-refractivity contribution in [3.8, 4) is 0 Å². The molecule has 116 valence electrons. The number of rotatable bonds is 7. The van der Waals surface area contributed by atoms with Gasteiger partial charge in [-0.1, -0.05) is 49.0 Å². The van der Waals surface area contributed by atoms with E-state index in [2.05, 4.69) is 12.2 Å². The molecule has 0 aromatic heterocycles. The monoisotopic (exact) mass is 330 g/mol. The second kappa shape index (κ2) is 8.90. The highest BCUT2D eigenvalue weighted by Crippen LogP contribution is 2.32. The molecule has 0 atom stereocenters. The molecule has 0 unspecified atom stereocenters. The number of carbonyl (C=O) groups is 2. The van der Waals surface area contributed by atoms with Crippen LogP contribution in [0, 0.1) is 0 Å². The maximum absolute atomic E-state index is 11.9. The van der Waals surface area contributed by atoms with Gasteiger partial charge in [0.15, 0.2) is 0 Å². The van der Waals surface area contributed by atoms with Crippen molar-refractivity contribution in [3.63, 3.8) is 0 Å². The van der Waals surface area contributed by atoms with E-state index in [9.17, 15) is 9.59 Å². The lowest BCUT2D eigenvalue weighted by Crippen LogP contribution is -2.40. The van der Waals surface area contributed by atoms with Crippen molar-refractivity contribution in [3.05, 3.63) is 28.2 Å². The lowest BCUT2D eigenvalue weighted by Gasteiger charge is -2.22. The Bertz CT molecular complexity index is 506. The first-order chi connectivity index (χ1) is 9.97. The smallest absolute Gasteiger partial charge is 0.240 e. The van der Waals surface area contributed by atoms with Crippen molar-refractivity contribution in [1.29, 1.82) is 0 Å². The molecule has 1 rings (SSSR count). The van der Waals surface area contributed by atoms with Crippen molar-refractivity contribution < 1.29 is 9.59 Å². The summed E-state index contributed by atoms with van der Waals surface area (Å²) in [6.45, 7) is 4.03. The second-order valence-electron chi connectivity index (χ2n) is 4.74. The predicted octanol–water partition coefficient (Wildman–Crippen LogP) is 3.65. The first-order valence-corrected chi connectivity index (χ1v) is 7.71. The molecule has 1 aromatic carbocycles. The highest BCUT2D eigenvalue weighted by atomic mass is 35.5. The molecule has 0 aliphatic heterocycles. The van der Waals surface area contributed by atoms with Crippen LogP contribution in [-0.4, -0.2) is 24.9 Å². The zero-order chi connectivity index (χ0) is 15.8. The van der Waals surface area contributed by atoms with Gasteiger partial charge in [0, 0.05) is 13.5 Å². The normalized spacial score (nSPS) is 10.3. The van der Waals surface area contributed by atoms with Gasteiger partial charge < -0.3 is 10.2 Å². The molecule has 21 heavy (non-hydrogen) atoms. The summed E-state index contributed by atoms with van der Waals surface area (Å²) in [5, 5.41) is 3.42. The van der Waals surface area contributed by atoms with Crippen LogP contribution in [0.15, 0.2) is 18.2 Å². The first kappa shape index (κ1) is 17.8. The molecule has 2 amide bonds. The van der Waals surface area contributed by atoms with E-state index in [-0.39, 0.29) is 23.4 Å². The molecule has 0 heterocycles. The van der Waals surface area contributed by atoms with E-state index in [1.165, 1.54) is 11.8 Å². The summed E-state index contributed by atoms with van der Waals surface area (Å²) in [7, 11) is 0. The van der Waals surface area contributed by atoms with E-state index in [0.717, 1.165) is 19.3 Å². The van der Waals surface area contributed by atoms with E-state index in [1.807, 2.05) is 0 Å². The number of nitrogens with zero attached hydrogens (tertiary/aromatic N) is 1. The van der Waals surface area contributed by atoms with Gasteiger partial charge in [0.05, 0.1) is 15.7 Å². The Morgan fingerprint density at radius 1 is 1.24 bits per heavy atom. The number of nitrogens with one attached hydrogen (secondary N) is 1. The molecule has 1 aromatic rings. The van der Waals surface area contributed by atoms with E-state index in [0.29, 0.717) is 17.3 Å². The minimum absolute atomic E-state index is 0.0679. The number of halogens is 2. The van der Waals surface area contributed by atoms with Crippen molar-refractivity contribution in [2.45, 2.75) is 33.1 Å². The quantitative estimate of drug-likeness (QED) is 0.775. The van der Waals surface area contributed by atoms with Gasteiger partial charge in [0.2, 0.25) is 11.8 Å². The number of hydrogen-bond donors (Lipinski definition) is 1. The first-order valence-electron chi connectivity index (χ1n) is 6.96. The molecule has 0 bridgehead atoms. The maximum Gasteiger partial charge on any atom is 0.240 e. The maximum atomic E-state index is 11.9. The lowest BCUT2D eigenvalue weighted by atomic mass is 10.2. The summed E-state index contributed by atoms with van der Waals surface area (Å²) in [6, 6.07) is 5.00. The average molecular weight is 331 g/mol. The van der Waals surface area contributed by atoms with Crippen LogP contribution in [0.25, 0.3) is 0 Å². The number of amides is 2. The fraction of sp³-hybridized carbons (Fsp3) is 0.467. The van der Waals surface area contributed by atoms with E-state index in [1.54, 1.807) is 18.2 Å². The molecule has 6 heteroatoms. The SMILES string of the molecule is CCCCCNC(=O)CN(C(C)=O)c1cccc(Cl)c1Cl. The molecular formula is C15H20Cl2N2O2. The topological polar surface area (TPSA) is 49.4 Å². The van der Waals surface area contributed by atoms with Gasteiger partial charge in [0.1, 0.15) is 6.54 Å². The summed E-state index contributed by atoms with van der Waals surface area (Å²) in [4.78, 5) is 25.0. The summed E-state index contributed by atoms with van der Waals surface area (Å²) in [5.74, 6) is -0.472. The zero-order valence-corrected chi connectivity index (χ0v) is 13.8. The second-order valence-corrected chi connectivity index (χ2v) is 5.52. The Hall–Kier alpha value is -1.26. The number of anilines is 1. The van der Waals surface area contributed by atoms with Crippen LogP contribution < -0.4 is 10.2 Å². The van der Waals surface area contributed by atoms with Gasteiger partial charge in [-0.3, -0.25) is 9.59 Å². The predicted molar refractivity (Wildman–Crippen MR) is 87.0 cm³/mol. The fourth-order valence-corrected chi connectivity index (χ4v) is 2.27. The Kier molecular flexibility index (Phi) is 7.54. The van der Waals surface area contributed by atoms with Crippen LogP contribution >= 0.6 is 23.2 Å². The van der Waals surface area contributed by atoms with Crippen LogP contribution in [0.1, 0.15) is 33.1 Å². The largest absolute Gasteiger partial charge is 0.355 e. The van der Waals surface area contributed by atoms with Gasteiger partial charge in [-0.05, 0) is 18.6 Å². The Balaban J connectivity index is 2.72. The third-order valence-corrected chi connectivity index (χ3v) is 3.82. The minimum Gasteiger partial charge on any atom is -0.355 e. The number of carbonyl (C=O) groups excluding carboxylic acids is 2. The van der Waals surface area contributed by atoms with Crippen LogP contribution in [0.2, 0.25) is 10.0 Å². The molecular weight excluding hydrogens is 311 g/mol. The molecule has 0 spiro atoms. The summed E-state index contributed by atoms with van der Waals surface area (Å²) in [6.07, 6.45) is 3.09. The summed E-state index contributed by atoms with van der Waals surface area (Å²) < 4.78 is 0. The van der Waals surface area contributed by atoms with Crippen molar-refractivity contribution in [1.82, 2.24) is 5.32 Å². The molecule has 1 N–H and O–H groups in total. The molecule has 4 nitrogen and oxygen atoms in total. The van der Waals surface area contributed by atoms with Crippen molar-refractivity contribution in [2.75, 3.05) is 18.0 Å². The average Bonchev–Trinajstić information content (AvgIpc) is 2.44. The van der Waals surface area contributed by atoms with Crippen molar-refractivity contribution in [2.24, 2.45) is 0 Å². The highest BCUT2D eigenvalue weighted by molar-refractivity contribution is 6.44. The molecule has 0 fully saturated rings. The van der Waals surface area contributed by atoms with Gasteiger partial charge in [-0.15, -0.1) is 0 Å². The third-order valence-electron chi connectivity index (χ3n) is 3.01. The Morgan fingerprint density at radius 3 is 2.57 bits per heavy atom. The lowest BCUT2D eigenvalue weighted by molar-refractivity contribution is -0.123. The van der Waals surface area contributed by atoms with Gasteiger partial charge in [-0.25, -0.2) is 0 Å². The molecule has 0 radical (unpaired) electrons. The van der Waals surface area contributed by atoms with E-state index in [4.69, 9.17) is 23.2 Å². The Morgan fingerprint density at radius 2 is 1.95 bits per heavy atom. The van der Waals surface area contributed by atoms with Crippen LogP contribution in [0.5, 0.6) is 0 Å². The molecule has 0 saturated heterocycles. The van der Waals surface area contributed by atoms with Gasteiger partial charge in [0.25, 0.3) is 0 Å². The number of unbranched alkanes of at least 4 members (excludes halogenated alkanes) is 2. The number of hydrogen-bond acceptors (Lipinski definition) is 2. The number of benzene rings is 1. The summed E-state index contributed by atoms with van der Waals surface area (Å²) >= 11 is 12.1. The van der Waals surface area contributed by atoms with E-state index >= 15 is 0 Å². The van der Waals surface area contributed by atoms with Crippen molar-refractivity contribution >= 4 is 40.7 Å². The standard InChI is InChI=1S/C15H20Cl2N2O2/c1-3-4-5-9-18-14(21)10-19(11(2)20)13-8-6-7-12(16)15(13)17/h6-8H,3-5,9-10H2,1-2H3,(H,18,21). The zero-order valence-electron chi connectivity index (χ0n) is 12.3. The molecule has 0 saturated carbocycles. The minimum atomic E-state index is -0.261. The fourth-order valence-electron chi connectivity index (χ4n) is 1.87. The van der Waals surface area contributed by atoms with Gasteiger partial charge >= 0.3 is 0 Å². The van der Waals surface area contributed by atoms with Gasteiger partial charge in [-0.2, -0.15) is 0 Å². The third kappa shape index (κ3) is 5.56. The van der Waals surface area contributed by atoms with Crippen LogP contribution in [-0.2, 0) is 9.59 Å². The molecule has 0 aliphatic rings. The Labute approximate surface area is 135 Å². The molecule has 0 aliphatic carbocycles. The van der Waals surface area contributed by atoms with E-state index < -0.39 is 0 Å². The summed E-state index contributed by atoms with van der Waals surface area (Å²) in [5.41, 5.74) is 0.445. The van der Waals surface area contributed by atoms with Crippen LogP contribution in [0.3, 0.4) is 0 Å².